The molecule has 0 spiro atoms. The molecule has 0 aliphatic heterocycles. The zero-order chi connectivity index (χ0) is 17.8. The molecule has 4 nitrogen and oxygen atoms in total. The van der Waals surface area contributed by atoms with Gasteiger partial charge in [-0.25, -0.2) is 9.97 Å². The standard InChI is InChI=1S/C21H24N4/c1-14(24-15(2)21-13-23-17(4)25-16(21)3)18-5-7-19(8-6-18)20-9-11-22-12-10-20/h5-15,24H,1-4H3/t14-,15+/m1/s1. The highest BCUT2D eigenvalue weighted by atomic mass is 15.0. The van der Waals surface area contributed by atoms with Crippen molar-refractivity contribution >= 4 is 0 Å². The van der Waals surface area contributed by atoms with E-state index in [9.17, 15) is 0 Å². The van der Waals surface area contributed by atoms with Gasteiger partial charge >= 0.3 is 0 Å². The molecule has 3 aromatic rings. The van der Waals surface area contributed by atoms with Gasteiger partial charge in [0.05, 0.1) is 0 Å². The lowest BCUT2D eigenvalue weighted by Crippen LogP contribution is -2.23. The van der Waals surface area contributed by atoms with Gasteiger partial charge in [-0.2, -0.15) is 0 Å². The van der Waals surface area contributed by atoms with Crippen LogP contribution in [0.2, 0.25) is 0 Å². The van der Waals surface area contributed by atoms with E-state index in [0.29, 0.717) is 0 Å². The SMILES string of the molecule is Cc1ncc([C@H](C)N[C@H](C)c2ccc(-c3ccncc3)cc2)c(C)n1. The van der Waals surface area contributed by atoms with Gasteiger partial charge in [-0.15, -0.1) is 0 Å². The lowest BCUT2D eigenvalue weighted by atomic mass is 10.0. The Balaban J connectivity index is 1.71. The van der Waals surface area contributed by atoms with Gasteiger partial charge in [0.2, 0.25) is 0 Å². The minimum atomic E-state index is 0.190. The molecule has 0 aliphatic rings. The van der Waals surface area contributed by atoms with E-state index in [1.807, 2.05) is 44.6 Å². The summed E-state index contributed by atoms with van der Waals surface area (Å²) in [6, 6.07) is 13.2. The molecular formula is C21H24N4. The van der Waals surface area contributed by atoms with Crippen LogP contribution in [0.25, 0.3) is 11.1 Å². The van der Waals surface area contributed by atoms with Crippen molar-refractivity contribution in [2.75, 3.05) is 0 Å². The summed E-state index contributed by atoms with van der Waals surface area (Å²) in [5.74, 6) is 0.813. The topological polar surface area (TPSA) is 50.7 Å². The zero-order valence-corrected chi connectivity index (χ0v) is 15.2. The van der Waals surface area contributed by atoms with Gasteiger partial charge in [0.15, 0.2) is 0 Å². The molecule has 0 unspecified atom stereocenters. The first-order chi connectivity index (χ1) is 12.0. The monoisotopic (exact) mass is 332 g/mol. The minimum Gasteiger partial charge on any atom is -0.304 e. The van der Waals surface area contributed by atoms with E-state index in [-0.39, 0.29) is 12.1 Å². The van der Waals surface area contributed by atoms with Gasteiger partial charge < -0.3 is 5.32 Å². The quantitative estimate of drug-likeness (QED) is 0.744. The predicted molar refractivity (Wildman–Crippen MR) is 101 cm³/mol. The molecule has 1 N–H and O–H groups in total. The first-order valence-corrected chi connectivity index (χ1v) is 8.61. The van der Waals surface area contributed by atoms with E-state index < -0.39 is 0 Å². The molecule has 0 fully saturated rings. The zero-order valence-electron chi connectivity index (χ0n) is 15.2. The maximum Gasteiger partial charge on any atom is 0.125 e. The Hall–Kier alpha value is -2.59. The molecule has 25 heavy (non-hydrogen) atoms. The Morgan fingerprint density at radius 3 is 2.12 bits per heavy atom. The number of aryl methyl sites for hydroxylation is 2. The van der Waals surface area contributed by atoms with Crippen LogP contribution in [-0.2, 0) is 0 Å². The van der Waals surface area contributed by atoms with Crippen molar-refractivity contribution in [1.29, 1.82) is 0 Å². The second kappa shape index (κ2) is 7.53. The Morgan fingerprint density at radius 1 is 0.840 bits per heavy atom. The molecule has 0 saturated carbocycles. The Labute approximate surface area is 149 Å². The van der Waals surface area contributed by atoms with Crippen LogP contribution in [0.3, 0.4) is 0 Å². The third kappa shape index (κ3) is 4.09. The maximum atomic E-state index is 4.46. The summed E-state index contributed by atoms with van der Waals surface area (Å²) >= 11 is 0. The molecule has 3 rings (SSSR count). The Morgan fingerprint density at radius 2 is 1.48 bits per heavy atom. The van der Waals surface area contributed by atoms with Crippen LogP contribution in [0.4, 0.5) is 0 Å². The molecule has 2 aromatic heterocycles. The fourth-order valence-electron chi connectivity index (χ4n) is 3.09. The van der Waals surface area contributed by atoms with Gasteiger partial charge in [-0.3, -0.25) is 4.98 Å². The van der Waals surface area contributed by atoms with E-state index in [1.54, 1.807) is 0 Å². The van der Waals surface area contributed by atoms with Crippen molar-refractivity contribution in [2.24, 2.45) is 0 Å². The van der Waals surface area contributed by atoms with Crippen LogP contribution in [0.5, 0.6) is 0 Å². The van der Waals surface area contributed by atoms with Crippen molar-refractivity contribution in [2.45, 2.75) is 39.8 Å². The number of pyridine rings is 1. The van der Waals surface area contributed by atoms with Crippen LogP contribution in [0.15, 0.2) is 55.0 Å². The van der Waals surface area contributed by atoms with Crippen molar-refractivity contribution in [1.82, 2.24) is 20.3 Å². The van der Waals surface area contributed by atoms with Crippen molar-refractivity contribution < 1.29 is 0 Å². The van der Waals surface area contributed by atoms with Crippen LogP contribution in [0.1, 0.15) is 48.6 Å². The largest absolute Gasteiger partial charge is 0.304 e. The fraction of sp³-hybridized carbons (Fsp3) is 0.286. The Bertz CT molecular complexity index is 828. The number of rotatable bonds is 5. The summed E-state index contributed by atoms with van der Waals surface area (Å²) in [5, 5.41) is 3.64. The molecule has 0 saturated heterocycles. The Kier molecular flexibility index (Phi) is 5.19. The predicted octanol–water partition coefficient (Wildman–Crippen LogP) is 4.57. The van der Waals surface area contributed by atoms with Crippen molar-refractivity contribution in [3.63, 3.8) is 0 Å². The van der Waals surface area contributed by atoms with E-state index >= 15 is 0 Å². The first kappa shape index (κ1) is 17.2. The summed E-state index contributed by atoms with van der Waals surface area (Å²) in [4.78, 5) is 12.9. The number of nitrogens with one attached hydrogen (secondary N) is 1. The lowest BCUT2D eigenvalue weighted by Gasteiger charge is -2.22. The average molecular weight is 332 g/mol. The molecule has 128 valence electrons. The van der Waals surface area contributed by atoms with Crippen molar-refractivity contribution in [3.8, 4) is 11.1 Å². The third-order valence-corrected chi connectivity index (χ3v) is 4.53. The van der Waals surface area contributed by atoms with Gasteiger partial charge in [0.25, 0.3) is 0 Å². The molecule has 2 heterocycles. The number of hydrogen-bond donors (Lipinski definition) is 1. The highest BCUT2D eigenvalue weighted by Crippen LogP contribution is 2.24. The lowest BCUT2D eigenvalue weighted by molar-refractivity contribution is 0.490. The van der Waals surface area contributed by atoms with Gasteiger partial charge in [-0.1, -0.05) is 24.3 Å². The molecule has 0 bridgehead atoms. The fourth-order valence-corrected chi connectivity index (χ4v) is 3.09. The minimum absolute atomic E-state index is 0.190. The number of aromatic nitrogens is 3. The second-order valence-electron chi connectivity index (χ2n) is 6.43. The summed E-state index contributed by atoms with van der Waals surface area (Å²) in [6.45, 7) is 8.30. The van der Waals surface area contributed by atoms with E-state index in [4.69, 9.17) is 0 Å². The van der Waals surface area contributed by atoms with Crippen LogP contribution >= 0.6 is 0 Å². The summed E-state index contributed by atoms with van der Waals surface area (Å²) in [7, 11) is 0. The molecule has 4 heteroatoms. The number of hydrogen-bond acceptors (Lipinski definition) is 4. The third-order valence-electron chi connectivity index (χ3n) is 4.53. The summed E-state index contributed by atoms with van der Waals surface area (Å²) in [5.41, 5.74) is 5.83. The molecule has 2 atom stereocenters. The van der Waals surface area contributed by atoms with Crippen LogP contribution < -0.4 is 5.32 Å². The van der Waals surface area contributed by atoms with Gasteiger partial charge in [-0.05, 0) is 56.5 Å². The highest BCUT2D eigenvalue weighted by Gasteiger charge is 2.14. The maximum absolute atomic E-state index is 4.46. The average Bonchev–Trinajstić information content (AvgIpc) is 2.62. The van der Waals surface area contributed by atoms with Crippen LogP contribution in [-0.4, -0.2) is 15.0 Å². The van der Waals surface area contributed by atoms with E-state index in [2.05, 4.69) is 58.4 Å². The van der Waals surface area contributed by atoms with Crippen molar-refractivity contribution in [3.05, 3.63) is 77.6 Å². The second-order valence-corrected chi connectivity index (χ2v) is 6.43. The number of nitrogens with zero attached hydrogens (tertiary/aromatic N) is 3. The molecule has 0 amide bonds. The molecular weight excluding hydrogens is 308 g/mol. The smallest absolute Gasteiger partial charge is 0.125 e. The van der Waals surface area contributed by atoms with E-state index in [1.165, 1.54) is 16.7 Å². The normalized spacial score (nSPS) is 13.4. The van der Waals surface area contributed by atoms with E-state index in [0.717, 1.165) is 17.1 Å². The number of benzene rings is 1. The van der Waals surface area contributed by atoms with Crippen LogP contribution in [0, 0.1) is 13.8 Å². The molecule has 0 aliphatic carbocycles. The van der Waals surface area contributed by atoms with Gasteiger partial charge in [0.1, 0.15) is 5.82 Å². The summed E-state index contributed by atoms with van der Waals surface area (Å²) < 4.78 is 0. The highest BCUT2D eigenvalue weighted by molar-refractivity contribution is 5.62. The molecule has 1 aromatic carbocycles. The summed E-state index contributed by atoms with van der Waals surface area (Å²) in [6.07, 6.45) is 5.57. The first-order valence-electron chi connectivity index (χ1n) is 8.61. The molecule has 0 radical (unpaired) electrons. The van der Waals surface area contributed by atoms with Gasteiger partial charge in [0, 0.05) is 41.9 Å².